The van der Waals surface area contributed by atoms with E-state index < -0.39 is 35.2 Å². The highest BCUT2D eigenvalue weighted by Crippen LogP contribution is 2.33. The largest absolute Gasteiger partial charge is 0.369 e. The lowest BCUT2D eigenvalue weighted by Crippen LogP contribution is -2.54. The van der Waals surface area contributed by atoms with Gasteiger partial charge in [-0.2, -0.15) is 10.4 Å². The number of fused-ring (bicyclic) bond motifs is 1. The third-order valence-electron chi connectivity index (χ3n) is 8.96. The van der Waals surface area contributed by atoms with E-state index in [4.69, 9.17) is 0 Å². The Labute approximate surface area is 265 Å². The van der Waals surface area contributed by atoms with E-state index in [1.165, 1.54) is 0 Å². The topological polar surface area (TPSA) is 158 Å². The zero-order chi connectivity index (χ0) is 32.9. The van der Waals surface area contributed by atoms with Gasteiger partial charge in [0.1, 0.15) is 11.6 Å². The molecule has 1 atom stereocenters. The summed E-state index contributed by atoms with van der Waals surface area (Å²) in [7, 11) is 0. The van der Waals surface area contributed by atoms with Crippen LogP contribution in [0.15, 0.2) is 42.7 Å². The van der Waals surface area contributed by atoms with Gasteiger partial charge in [-0.3, -0.25) is 38.9 Å². The van der Waals surface area contributed by atoms with Gasteiger partial charge >= 0.3 is 0 Å². The summed E-state index contributed by atoms with van der Waals surface area (Å²) >= 11 is 0. The van der Waals surface area contributed by atoms with Crippen molar-refractivity contribution in [1.29, 1.82) is 5.26 Å². The zero-order valence-corrected chi connectivity index (χ0v) is 25.8. The summed E-state index contributed by atoms with van der Waals surface area (Å²) in [6.45, 7) is 8.49. The number of nitrogens with one attached hydrogen (secondary N) is 2. The lowest BCUT2D eigenvalue weighted by Gasteiger charge is -2.38. The monoisotopic (exact) mass is 617 g/mol. The second-order valence-electron chi connectivity index (χ2n) is 12.3. The number of aromatic nitrogens is 2. The van der Waals surface area contributed by atoms with E-state index in [-0.39, 0.29) is 35.8 Å². The van der Waals surface area contributed by atoms with Crippen molar-refractivity contribution in [2.45, 2.75) is 52.1 Å². The molecule has 12 heteroatoms. The number of benzene rings is 2. The maximum Gasteiger partial charge on any atom is 0.262 e. The van der Waals surface area contributed by atoms with E-state index >= 15 is 0 Å². The molecular weight excluding hydrogens is 586 g/mol. The Hall–Kier alpha value is -5.75. The number of hydrogen-bond acceptors (Lipinski definition) is 8. The predicted molar refractivity (Wildman–Crippen MR) is 167 cm³/mol. The molecule has 1 aromatic heterocycles. The zero-order valence-electron chi connectivity index (χ0n) is 25.8. The fourth-order valence-electron chi connectivity index (χ4n) is 5.77. The van der Waals surface area contributed by atoms with E-state index in [0.29, 0.717) is 29.9 Å². The molecule has 5 amide bonds. The van der Waals surface area contributed by atoms with Crippen LogP contribution in [0.5, 0.6) is 0 Å². The maximum atomic E-state index is 13.2. The fourth-order valence-corrected chi connectivity index (χ4v) is 5.77. The molecule has 0 saturated carbocycles. The van der Waals surface area contributed by atoms with Crippen LogP contribution in [0.4, 0.5) is 11.4 Å². The third-order valence-corrected chi connectivity index (χ3v) is 8.96. The molecule has 3 aliphatic heterocycles. The number of nitriles is 1. The molecule has 3 aliphatic rings. The average molecular weight is 618 g/mol. The van der Waals surface area contributed by atoms with Crippen molar-refractivity contribution in [2.75, 3.05) is 23.3 Å². The van der Waals surface area contributed by atoms with Crippen LogP contribution in [-0.2, 0) is 19.9 Å². The van der Waals surface area contributed by atoms with E-state index in [2.05, 4.69) is 38.5 Å². The second kappa shape index (κ2) is 11.3. The first-order valence-electron chi connectivity index (χ1n) is 14.9. The number of rotatable bonds is 5. The first-order valence-corrected chi connectivity index (χ1v) is 14.9. The first kappa shape index (κ1) is 30.3. The van der Waals surface area contributed by atoms with Crippen LogP contribution in [0.2, 0.25) is 0 Å². The minimum Gasteiger partial charge on any atom is -0.369 e. The predicted octanol–water partition coefficient (Wildman–Crippen LogP) is 2.63. The molecule has 46 heavy (non-hydrogen) atoms. The van der Waals surface area contributed by atoms with Crippen molar-refractivity contribution >= 4 is 40.9 Å². The van der Waals surface area contributed by atoms with Crippen LogP contribution in [-0.4, -0.2) is 63.3 Å². The molecule has 3 aromatic rings. The number of imide groups is 2. The molecule has 232 valence electrons. The van der Waals surface area contributed by atoms with Gasteiger partial charge < -0.3 is 10.2 Å². The van der Waals surface area contributed by atoms with Gasteiger partial charge in [0.05, 0.1) is 40.4 Å². The molecule has 0 bridgehead atoms. The molecule has 0 spiro atoms. The lowest BCUT2D eigenvalue weighted by molar-refractivity contribution is -0.136. The summed E-state index contributed by atoms with van der Waals surface area (Å²) in [5.41, 5.74) is 3.77. The number of anilines is 2. The SMILES string of the molecule is Cc1c(C#N)ccc(NC(=O)C(C)(C)n2cc(C#CC3CN(c4ccc5c(c4)C(=O)N(C4CCC(=O)NC4=O)C5=O)C3)cn2)c1C. The van der Waals surface area contributed by atoms with Crippen molar-refractivity contribution in [3.63, 3.8) is 0 Å². The Kier molecular flexibility index (Phi) is 7.45. The van der Waals surface area contributed by atoms with Crippen molar-refractivity contribution in [1.82, 2.24) is 20.0 Å². The summed E-state index contributed by atoms with van der Waals surface area (Å²) in [6, 6.07) is 9.62. The van der Waals surface area contributed by atoms with Crippen LogP contribution >= 0.6 is 0 Å². The van der Waals surface area contributed by atoms with Crippen LogP contribution < -0.4 is 15.5 Å². The van der Waals surface area contributed by atoms with Gasteiger partial charge in [0.2, 0.25) is 11.8 Å². The Bertz CT molecular complexity index is 1950. The summed E-state index contributed by atoms with van der Waals surface area (Å²) < 4.78 is 1.58. The van der Waals surface area contributed by atoms with E-state index in [1.807, 2.05) is 13.8 Å². The Balaban J connectivity index is 1.08. The molecule has 1 unspecified atom stereocenters. The maximum absolute atomic E-state index is 13.2. The van der Waals surface area contributed by atoms with E-state index in [0.717, 1.165) is 21.7 Å². The Morgan fingerprint density at radius 3 is 2.50 bits per heavy atom. The highest BCUT2D eigenvalue weighted by atomic mass is 16.2. The van der Waals surface area contributed by atoms with E-state index in [9.17, 15) is 29.2 Å². The van der Waals surface area contributed by atoms with Gasteiger partial charge in [-0.05, 0) is 75.6 Å². The van der Waals surface area contributed by atoms with Crippen LogP contribution in [0.1, 0.15) is 69.7 Å². The lowest BCUT2D eigenvalue weighted by atomic mass is 9.98. The number of amides is 5. The summed E-state index contributed by atoms with van der Waals surface area (Å²) in [5.74, 6) is 4.07. The van der Waals surface area contributed by atoms with Crippen LogP contribution in [0.25, 0.3) is 0 Å². The second-order valence-corrected chi connectivity index (χ2v) is 12.3. The molecule has 6 rings (SSSR count). The van der Waals surface area contributed by atoms with Gasteiger partial charge in [-0.15, -0.1) is 0 Å². The highest BCUT2D eigenvalue weighted by Gasteiger charge is 2.45. The molecule has 2 fully saturated rings. The number of nitrogens with zero attached hydrogens (tertiary/aromatic N) is 5. The molecule has 0 aliphatic carbocycles. The molecule has 2 N–H and O–H groups in total. The molecule has 2 aromatic carbocycles. The van der Waals surface area contributed by atoms with Gasteiger partial charge in [0.25, 0.3) is 17.7 Å². The van der Waals surface area contributed by atoms with Crippen molar-refractivity contribution in [2.24, 2.45) is 5.92 Å². The summed E-state index contributed by atoms with van der Waals surface area (Å²) in [6.07, 6.45) is 3.53. The van der Waals surface area contributed by atoms with Crippen molar-refractivity contribution in [3.05, 3.63) is 76.1 Å². The van der Waals surface area contributed by atoms with Gasteiger partial charge in [0.15, 0.2) is 0 Å². The van der Waals surface area contributed by atoms with Gasteiger partial charge in [-0.25, -0.2) is 0 Å². The minimum atomic E-state index is -1.01. The van der Waals surface area contributed by atoms with Crippen molar-refractivity contribution < 1.29 is 24.0 Å². The fraction of sp³-hybridized carbons (Fsp3) is 0.324. The smallest absolute Gasteiger partial charge is 0.262 e. The molecule has 12 nitrogen and oxygen atoms in total. The summed E-state index contributed by atoms with van der Waals surface area (Å²) in [5, 5.41) is 18.8. The number of carbonyl (C=O) groups excluding carboxylic acids is 5. The minimum absolute atomic E-state index is 0.0628. The van der Waals surface area contributed by atoms with Gasteiger partial charge in [0, 0.05) is 37.1 Å². The molecular formula is C34H31N7O5. The van der Waals surface area contributed by atoms with Crippen LogP contribution in [0, 0.1) is 42.9 Å². The molecule has 0 radical (unpaired) electrons. The quantitative estimate of drug-likeness (QED) is 0.327. The van der Waals surface area contributed by atoms with Crippen molar-refractivity contribution in [3.8, 4) is 17.9 Å². The Morgan fingerprint density at radius 1 is 1.04 bits per heavy atom. The summed E-state index contributed by atoms with van der Waals surface area (Å²) in [4.78, 5) is 66.2. The van der Waals surface area contributed by atoms with Crippen LogP contribution in [0.3, 0.4) is 0 Å². The Morgan fingerprint density at radius 2 is 1.78 bits per heavy atom. The number of hydrogen-bond donors (Lipinski definition) is 2. The standard InChI is InChI=1S/C34H31N7O5/c1-19-20(2)27(10-7-23(19)14-35)37-33(46)34(3,4)40-18-21(15-36-40)5-6-22-16-39(17-22)24-8-9-25-26(13-24)32(45)41(31(25)44)28-11-12-29(42)38-30(28)43/h7-10,13,15,18,22,28H,11-12,16-17H2,1-4H3,(H,37,46)(H,38,42,43). The number of piperidine rings is 1. The molecule has 2 saturated heterocycles. The highest BCUT2D eigenvalue weighted by molar-refractivity contribution is 6.23. The first-order chi connectivity index (χ1) is 21.9. The van der Waals surface area contributed by atoms with Gasteiger partial charge in [-0.1, -0.05) is 11.8 Å². The normalized spacial score (nSPS) is 17.9. The average Bonchev–Trinajstić information content (AvgIpc) is 3.58. The van der Waals surface area contributed by atoms with E-state index in [1.54, 1.807) is 61.3 Å². The number of carbonyl (C=O) groups is 5. The molecule has 4 heterocycles. The third kappa shape index (κ3) is 5.18.